The molecule has 2 aliphatic heterocycles. The second kappa shape index (κ2) is 7.90. The zero-order valence-electron chi connectivity index (χ0n) is 17.2. The van der Waals surface area contributed by atoms with Crippen LogP contribution in [0.15, 0.2) is 67.0 Å². The van der Waals surface area contributed by atoms with E-state index < -0.39 is 0 Å². The fraction of sp³-hybridized carbons (Fsp3) is 0.320. The van der Waals surface area contributed by atoms with Crippen LogP contribution in [0.1, 0.15) is 25.3 Å². The first-order chi connectivity index (χ1) is 14.7. The molecule has 1 unspecified atom stereocenters. The first-order valence-electron chi connectivity index (χ1n) is 10.7. The maximum atomic E-state index is 13.3. The molecule has 5 heteroatoms. The number of carbonyl (C=O) groups excluding carboxylic acids is 1. The monoisotopic (exact) mass is 398 g/mol. The molecule has 0 radical (unpaired) electrons. The van der Waals surface area contributed by atoms with Gasteiger partial charge in [-0.05, 0) is 37.8 Å². The number of hydrogen-bond donors (Lipinski definition) is 0. The van der Waals surface area contributed by atoms with Gasteiger partial charge in [0, 0.05) is 42.4 Å². The number of carbonyl (C=O) groups is 1. The average Bonchev–Trinajstić information content (AvgIpc) is 3.15. The minimum atomic E-state index is 0.0743. The average molecular weight is 399 g/mol. The van der Waals surface area contributed by atoms with E-state index in [4.69, 9.17) is 0 Å². The van der Waals surface area contributed by atoms with Crippen LogP contribution >= 0.6 is 0 Å². The molecule has 0 saturated carbocycles. The van der Waals surface area contributed by atoms with Crippen molar-refractivity contribution < 1.29 is 4.79 Å². The maximum Gasteiger partial charge on any atom is 0.230 e. The highest BCUT2D eigenvalue weighted by Gasteiger charge is 2.36. The molecular weight excluding hydrogens is 372 g/mol. The van der Waals surface area contributed by atoms with E-state index in [0.29, 0.717) is 0 Å². The smallest absolute Gasteiger partial charge is 0.230 e. The molecule has 1 saturated heterocycles. The van der Waals surface area contributed by atoms with Crippen LogP contribution in [0, 0.1) is 5.92 Å². The van der Waals surface area contributed by atoms with E-state index in [2.05, 4.69) is 58.2 Å². The Morgan fingerprint density at radius 1 is 0.967 bits per heavy atom. The molecule has 2 aromatic carbocycles. The van der Waals surface area contributed by atoms with Gasteiger partial charge in [-0.1, -0.05) is 48.5 Å². The van der Waals surface area contributed by atoms with Gasteiger partial charge in [0.2, 0.25) is 5.91 Å². The summed E-state index contributed by atoms with van der Waals surface area (Å²) < 4.78 is 0. The summed E-state index contributed by atoms with van der Waals surface area (Å²) in [5.74, 6) is 1.29. The van der Waals surface area contributed by atoms with Crippen molar-refractivity contribution in [2.24, 2.45) is 5.92 Å². The van der Waals surface area contributed by atoms with Gasteiger partial charge in [-0.3, -0.25) is 4.79 Å². The van der Waals surface area contributed by atoms with Crippen molar-refractivity contribution in [3.05, 3.63) is 72.6 Å². The van der Waals surface area contributed by atoms with Gasteiger partial charge >= 0.3 is 0 Å². The van der Waals surface area contributed by atoms with Crippen molar-refractivity contribution in [2.75, 3.05) is 22.9 Å². The molecule has 3 heterocycles. The van der Waals surface area contributed by atoms with Gasteiger partial charge in [0.05, 0.1) is 5.69 Å². The van der Waals surface area contributed by atoms with Gasteiger partial charge in [0.15, 0.2) is 0 Å². The number of hydrogen-bond acceptors (Lipinski definition) is 4. The van der Waals surface area contributed by atoms with Gasteiger partial charge in [-0.2, -0.15) is 0 Å². The van der Waals surface area contributed by atoms with Gasteiger partial charge in [-0.25, -0.2) is 9.97 Å². The molecule has 0 aliphatic carbocycles. The third-order valence-corrected chi connectivity index (χ3v) is 6.34. The molecule has 0 N–H and O–H groups in total. The molecule has 5 rings (SSSR count). The van der Waals surface area contributed by atoms with E-state index in [1.165, 1.54) is 5.56 Å². The summed E-state index contributed by atoms with van der Waals surface area (Å²) in [6.07, 6.45) is 4.30. The summed E-state index contributed by atoms with van der Waals surface area (Å²) in [6.45, 7) is 3.83. The number of nitrogens with zero attached hydrogens (tertiary/aromatic N) is 4. The highest BCUT2D eigenvalue weighted by Crippen LogP contribution is 2.35. The second-order valence-electron chi connectivity index (χ2n) is 8.28. The highest BCUT2D eigenvalue weighted by molar-refractivity contribution is 5.97. The topological polar surface area (TPSA) is 49.3 Å². The lowest BCUT2D eigenvalue weighted by atomic mass is 9.94. The van der Waals surface area contributed by atoms with E-state index in [9.17, 15) is 4.79 Å². The summed E-state index contributed by atoms with van der Waals surface area (Å²) in [5, 5.41) is 0. The molecule has 30 heavy (non-hydrogen) atoms. The lowest BCUT2D eigenvalue weighted by molar-refractivity contribution is -0.123. The second-order valence-corrected chi connectivity index (χ2v) is 8.28. The van der Waals surface area contributed by atoms with Crippen LogP contribution in [-0.2, 0) is 11.2 Å². The third kappa shape index (κ3) is 3.45. The van der Waals surface area contributed by atoms with Crippen LogP contribution in [0.3, 0.4) is 0 Å². The quantitative estimate of drug-likeness (QED) is 0.659. The van der Waals surface area contributed by atoms with Crippen LogP contribution in [0.5, 0.6) is 0 Å². The largest absolute Gasteiger partial charge is 0.356 e. The van der Waals surface area contributed by atoms with Crippen molar-refractivity contribution in [2.45, 2.75) is 32.2 Å². The Hall–Kier alpha value is -3.21. The summed E-state index contributed by atoms with van der Waals surface area (Å²) >= 11 is 0. The Morgan fingerprint density at radius 2 is 1.70 bits per heavy atom. The normalized spacial score (nSPS) is 19.0. The Morgan fingerprint density at radius 3 is 2.50 bits per heavy atom. The Balaban J connectivity index is 1.28. The molecule has 1 fully saturated rings. The fourth-order valence-corrected chi connectivity index (χ4v) is 4.74. The first kappa shape index (κ1) is 18.8. The van der Waals surface area contributed by atoms with E-state index in [1.54, 1.807) is 6.33 Å². The van der Waals surface area contributed by atoms with Crippen molar-refractivity contribution in [3.8, 4) is 11.3 Å². The Labute approximate surface area is 177 Å². The number of benzene rings is 2. The van der Waals surface area contributed by atoms with E-state index >= 15 is 0 Å². The minimum Gasteiger partial charge on any atom is -0.356 e. The Kier molecular flexibility index (Phi) is 4.95. The zero-order chi connectivity index (χ0) is 20.5. The summed E-state index contributed by atoms with van der Waals surface area (Å²) in [4.78, 5) is 26.6. The number of piperidine rings is 1. The van der Waals surface area contributed by atoms with Gasteiger partial charge in [0.1, 0.15) is 12.1 Å². The molecule has 5 nitrogen and oxygen atoms in total. The van der Waals surface area contributed by atoms with Gasteiger partial charge in [0.25, 0.3) is 0 Å². The summed E-state index contributed by atoms with van der Waals surface area (Å²) in [6, 6.07) is 20.8. The molecular formula is C25H26N4O. The SMILES string of the molecule is CC1Cc2ccccc2N1C(=O)C1CCN(c2cc(-c3ccccc3)ncn2)CC1. The lowest BCUT2D eigenvalue weighted by Gasteiger charge is -2.35. The van der Waals surface area contributed by atoms with Crippen LogP contribution in [0.25, 0.3) is 11.3 Å². The van der Waals surface area contributed by atoms with Gasteiger partial charge in [-0.15, -0.1) is 0 Å². The number of rotatable bonds is 3. The molecule has 0 spiro atoms. The van der Waals surface area contributed by atoms with Crippen molar-refractivity contribution in [1.82, 2.24) is 9.97 Å². The molecule has 1 aromatic heterocycles. The number of aromatic nitrogens is 2. The lowest BCUT2D eigenvalue weighted by Crippen LogP contribution is -2.45. The third-order valence-electron chi connectivity index (χ3n) is 6.34. The Bertz CT molecular complexity index is 1040. The number of anilines is 2. The molecule has 3 aromatic rings. The van der Waals surface area contributed by atoms with Crippen molar-refractivity contribution >= 4 is 17.4 Å². The zero-order valence-corrected chi connectivity index (χ0v) is 17.2. The highest BCUT2D eigenvalue weighted by atomic mass is 16.2. The molecule has 152 valence electrons. The van der Waals surface area contributed by atoms with Crippen LogP contribution in [-0.4, -0.2) is 35.0 Å². The molecule has 0 bridgehead atoms. The van der Waals surface area contributed by atoms with Gasteiger partial charge < -0.3 is 9.80 Å². The molecule has 1 atom stereocenters. The molecule has 2 aliphatic rings. The maximum absolute atomic E-state index is 13.3. The molecule has 1 amide bonds. The predicted molar refractivity (Wildman–Crippen MR) is 119 cm³/mol. The summed E-state index contributed by atoms with van der Waals surface area (Å²) in [5.41, 5.74) is 4.40. The fourth-order valence-electron chi connectivity index (χ4n) is 4.74. The van der Waals surface area contributed by atoms with Crippen molar-refractivity contribution in [3.63, 3.8) is 0 Å². The van der Waals surface area contributed by atoms with Crippen LogP contribution in [0.2, 0.25) is 0 Å². The summed E-state index contributed by atoms with van der Waals surface area (Å²) in [7, 11) is 0. The number of amides is 1. The van der Waals surface area contributed by atoms with E-state index in [-0.39, 0.29) is 17.9 Å². The van der Waals surface area contributed by atoms with Crippen LogP contribution < -0.4 is 9.80 Å². The number of fused-ring (bicyclic) bond motifs is 1. The predicted octanol–water partition coefficient (Wildman–Crippen LogP) is 4.34. The number of para-hydroxylation sites is 1. The van der Waals surface area contributed by atoms with E-state index in [0.717, 1.165) is 55.1 Å². The minimum absolute atomic E-state index is 0.0743. The van der Waals surface area contributed by atoms with E-state index in [1.807, 2.05) is 29.2 Å². The van der Waals surface area contributed by atoms with Crippen LogP contribution in [0.4, 0.5) is 11.5 Å². The first-order valence-corrected chi connectivity index (χ1v) is 10.7. The standard InChI is InChI=1S/C25H26N4O/c1-18-15-21-9-5-6-10-23(21)29(18)25(30)20-11-13-28(14-12-20)24-16-22(26-17-27-24)19-7-3-2-4-8-19/h2-10,16-18,20H,11-15H2,1H3. The van der Waals surface area contributed by atoms with Crippen molar-refractivity contribution in [1.29, 1.82) is 0 Å².